The minimum absolute atomic E-state index is 0.0303. The molecule has 17 heavy (non-hydrogen) atoms. The van der Waals surface area contributed by atoms with Crippen LogP contribution in [-0.4, -0.2) is 39.3 Å². The summed E-state index contributed by atoms with van der Waals surface area (Å²) in [6, 6.07) is 2.80. The monoisotopic (exact) mass is 299 g/mol. The molecule has 1 aromatic heterocycles. The van der Waals surface area contributed by atoms with E-state index in [4.69, 9.17) is 16.7 Å². The molecule has 6 nitrogen and oxygen atoms in total. The summed E-state index contributed by atoms with van der Waals surface area (Å²) < 4.78 is 30.5. The zero-order valence-corrected chi connectivity index (χ0v) is 11.1. The van der Waals surface area contributed by atoms with Gasteiger partial charge < -0.3 is 9.84 Å². The van der Waals surface area contributed by atoms with Gasteiger partial charge in [-0.2, -0.15) is 0 Å². The lowest BCUT2D eigenvalue weighted by Crippen LogP contribution is -2.37. The second kappa shape index (κ2) is 5.78. The summed E-state index contributed by atoms with van der Waals surface area (Å²) in [4.78, 5) is 10.6. The highest BCUT2D eigenvalue weighted by Crippen LogP contribution is 2.25. The van der Waals surface area contributed by atoms with Crippen molar-refractivity contribution >= 4 is 38.9 Å². The Morgan fingerprint density at radius 2 is 2.29 bits per heavy atom. The van der Waals surface area contributed by atoms with Gasteiger partial charge in [0.05, 0.1) is 4.34 Å². The molecule has 0 radical (unpaired) electrons. The van der Waals surface area contributed by atoms with Crippen molar-refractivity contribution in [3.63, 3.8) is 0 Å². The van der Waals surface area contributed by atoms with Gasteiger partial charge in [0.2, 0.25) is 10.0 Å². The molecule has 0 aliphatic carbocycles. The summed E-state index contributed by atoms with van der Waals surface area (Å²) in [6.07, 6.45) is -1.22. The van der Waals surface area contributed by atoms with Crippen molar-refractivity contribution in [2.45, 2.75) is 10.3 Å². The van der Waals surface area contributed by atoms with Crippen LogP contribution in [0, 0.1) is 0 Å². The van der Waals surface area contributed by atoms with E-state index < -0.39 is 22.1 Å². The van der Waals surface area contributed by atoms with Gasteiger partial charge in [0, 0.05) is 13.7 Å². The number of carboxylic acid groups (broad SMARTS) is 1. The van der Waals surface area contributed by atoms with Crippen molar-refractivity contribution in [2.24, 2.45) is 0 Å². The highest BCUT2D eigenvalue weighted by Gasteiger charge is 2.22. The highest BCUT2D eigenvalue weighted by atomic mass is 35.5. The van der Waals surface area contributed by atoms with Crippen LogP contribution >= 0.6 is 22.9 Å². The molecule has 0 saturated heterocycles. The van der Waals surface area contributed by atoms with Gasteiger partial charge in [0.15, 0.2) is 6.10 Å². The number of rotatable bonds is 6. The fraction of sp³-hybridized carbons (Fsp3) is 0.375. The van der Waals surface area contributed by atoms with Crippen molar-refractivity contribution in [3.8, 4) is 0 Å². The quantitative estimate of drug-likeness (QED) is 0.810. The zero-order chi connectivity index (χ0) is 13.1. The van der Waals surface area contributed by atoms with Crippen molar-refractivity contribution in [1.29, 1.82) is 0 Å². The number of nitrogens with one attached hydrogen (secondary N) is 1. The summed E-state index contributed by atoms with van der Waals surface area (Å²) >= 11 is 6.50. The van der Waals surface area contributed by atoms with Crippen molar-refractivity contribution in [1.82, 2.24) is 4.72 Å². The van der Waals surface area contributed by atoms with Crippen LogP contribution in [0.2, 0.25) is 4.34 Å². The van der Waals surface area contributed by atoms with E-state index in [1.807, 2.05) is 0 Å². The van der Waals surface area contributed by atoms with Gasteiger partial charge in [-0.3, -0.25) is 0 Å². The molecule has 0 aliphatic heterocycles. The summed E-state index contributed by atoms with van der Waals surface area (Å²) in [5, 5.41) is 8.67. The van der Waals surface area contributed by atoms with Crippen molar-refractivity contribution in [3.05, 3.63) is 16.5 Å². The lowest BCUT2D eigenvalue weighted by Gasteiger charge is -2.10. The third-order valence-corrected chi connectivity index (χ3v) is 4.98. The average Bonchev–Trinajstić information content (AvgIpc) is 2.66. The molecule has 1 aromatic rings. The van der Waals surface area contributed by atoms with E-state index in [-0.39, 0.29) is 10.8 Å². The van der Waals surface area contributed by atoms with E-state index in [1.54, 1.807) is 0 Å². The van der Waals surface area contributed by atoms with Crippen molar-refractivity contribution in [2.75, 3.05) is 13.7 Å². The normalized spacial score (nSPS) is 13.5. The van der Waals surface area contributed by atoms with Gasteiger partial charge in [0.25, 0.3) is 0 Å². The lowest BCUT2D eigenvalue weighted by molar-refractivity contribution is -0.147. The van der Waals surface area contributed by atoms with Gasteiger partial charge in [0.1, 0.15) is 4.21 Å². The predicted octanol–water partition coefficient (Wildman–Crippen LogP) is 0.779. The van der Waals surface area contributed by atoms with Crippen LogP contribution in [0.3, 0.4) is 0 Å². The number of hydrogen-bond donors (Lipinski definition) is 2. The topological polar surface area (TPSA) is 92.7 Å². The minimum Gasteiger partial charge on any atom is -0.479 e. The van der Waals surface area contributed by atoms with Gasteiger partial charge in [-0.05, 0) is 12.1 Å². The summed E-state index contributed by atoms with van der Waals surface area (Å²) in [6.45, 7) is -0.344. The predicted molar refractivity (Wildman–Crippen MR) is 63.0 cm³/mol. The van der Waals surface area contributed by atoms with E-state index >= 15 is 0 Å². The zero-order valence-electron chi connectivity index (χ0n) is 8.71. The van der Waals surface area contributed by atoms with Crippen LogP contribution in [0.1, 0.15) is 0 Å². The maximum Gasteiger partial charge on any atom is 0.334 e. The first-order valence-corrected chi connectivity index (χ1v) is 7.05. The maximum atomic E-state index is 11.7. The molecule has 1 unspecified atom stereocenters. The van der Waals surface area contributed by atoms with E-state index in [2.05, 4.69) is 9.46 Å². The van der Waals surface area contributed by atoms with Gasteiger partial charge in [-0.15, -0.1) is 11.3 Å². The molecule has 1 rings (SSSR count). The van der Waals surface area contributed by atoms with E-state index in [0.29, 0.717) is 4.34 Å². The highest BCUT2D eigenvalue weighted by molar-refractivity contribution is 7.91. The number of halogens is 1. The third-order valence-electron chi connectivity index (χ3n) is 1.83. The first kappa shape index (κ1) is 14.4. The number of carboxylic acids is 1. The second-order valence-corrected chi connectivity index (χ2v) is 6.68. The SMILES string of the molecule is COC(CNS(=O)(=O)c1ccc(Cl)s1)C(=O)O. The lowest BCUT2D eigenvalue weighted by atomic mass is 10.4. The number of hydrogen-bond acceptors (Lipinski definition) is 5. The second-order valence-electron chi connectivity index (χ2n) is 2.97. The van der Waals surface area contributed by atoms with Crippen LogP contribution in [0.25, 0.3) is 0 Å². The summed E-state index contributed by atoms with van der Waals surface area (Å²) in [5.41, 5.74) is 0. The number of sulfonamides is 1. The third kappa shape index (κ3) is 3.93. The fourth-order valence-corrected chi connectivity index (χ4v) is 3.53. The van der Waals surface area contributed by atoms with Crippen LogP contribution in [0.4, 0.5) is 0 Å². The average molecular weight is 300 g/mol. The first-order chi connectivity index (χ1) is 7.86. The van der Waals surface area contributed by atoms with Crippen LogP contribution < -0.4 is 4.72 Å². The molecule has 0 bridgehead atoms. The molecular formula is C8H10ClNO5S2. The van der Waals surface area contributed by atoms with E-state index in [1.165, 1.54) is 19.2 Å². The van der Waals surface area contributed by atoms with Crippen LogP contribution in [0.5, 0.6) is 0 Å². The molecule has 0 amide bonds. The molecule has 0 spiro atoms. The molecule has 96 valence electrons. The minimum atomic E-state index is -3.74. The van der Waals surface area contributed by atoms with Gasteiger partial charge in [-0.1, -0.05) is 11.6 Å². The molecule has 2 N–H and O–H groups in total. The Labute approximate surface area is 107 Å². The Hall–Kier alpha value is -0.670. The van der Waals surface area contributed by atoms with Crippen LogP contribution in [0.15, 0.2) is 16.3 Å². The Bertz CT molecular complexity index is 498. The Kier molecular flexibility index (Phi) is 4.90. The number of aliphatic carboxylic acids is 1. The maximum absolute atomic E-state index is 11.7. The molecule has 1 heterocycles. The molecule has 0 fully saturated rings. The molecule has 1 atom stereocenters. The van der Waals surface area contributed by atoms with E-state index in [0.717, 1.165) is 11.3 Å². The molecule has 9 heteroatoms. The Balaban J connectivity index is 2.71. The first-order valence-electron chi connectivity index (χ1n) is 4.37. The van der Waals surface area contributed by atoms with Crippen LogP contribution in [-0.2, 0) is 19.6 Å². The standard InChI is InChI=1S/C8H10ClNO5S2/c1-15-5(8(11)12)4-10-17(13,14)7-3-2-6(9)16-7/h2-3,5,10H,4H2,1H3,(H,11,12). The summed E-state index contributed by atoms with van der Waals surface area (Å²) in [7, 11) is -2.55. The molecule has 0 saturated carbocycles. The smallest absolute Gasteiger partial charge is 0.334 e. The molecular weight excluding hydrogens is 290 g/mol. The van der Waals surface area contributed by atoms with E-state index in [9.17, 15) is 13.2 Å². The van der Waals surface area contributed by atoms with Gasteiger partial charge in [-0.25, -0.2) is 17.9 Å². The summed E-state index contributed by atoms with van der Waals surface area (Å²) in [5.74, 6) is -1.24. The Morgan fingerprint density at radius 3 is 2.71 bits per heavy atom. The molecule has 0 aromatic carbocycles. The molecule has 0 aliphatic rings. The van der Waals surface area contributed by atoms with Gasteiger partial charge >= 0.3 is 5.97 Å². The number of ether oxygens (including phenoxy) is 1. The fourth-order valence-electron chi connectivity index (χ4n) is 0.970. The Morgan fingerprint density at radius 1 is 1.65 bits per heavy atom. The number of thiophene rings is 1. The number of methoxy groups -OCH3 is 1. The van der Waals surface area contributed by atoms with Crippen molar-refractivity contribution < 1.29 is 23.1 Å². The largest absolute Gasteiger partial charge is 0.479 e. The number of carbonyl (C=O) groups is 1.